The number of rotatable bonds is 11. The minimum Gasteiger partial charge on any atom is -0.453 e. The summed E-state index contributed by atoms with van der Waals surface area (Å²) in [5, 5.41) is 3.34. The van der Waals surface area contributed by atoms with Crippen molar-refractivity contribution >= 4 is 27.3 Å². The lowest BCUT2D eigenvalue weighted by Gasteiger charge is -2.10. The molecule has 0 unspecified atom stereocenters. The first kappa shape index (κ1) is 30.2. The van der Waals surface area contributed by atoms with Gasteiger partial charge in [0.1, 0.15) is 17.3 Å². The van der Waals surface area contributed by atoms with Gasteiger partial charge in [0.05, 0.1) is 26.4 Å². The number of halogens is 5. The van der Waals surface area contributed by atoms with Crippen molar-refractivity contribution in [3.05, 3.63) is 107 Å². The second-order valence-corrected chi connectivity index (χ2v) is 11.0. The van der Waals surface area contributed by atoms with E-state index in [0.717, 1.165) is 41.7 Å². The minimum atomic E-state index is -4.66. The number of hydrogen-bond acceptors (Lipinski definition) is 6. The van der Waals surface area contributed by atoms with Crippen molar-refractivity contribution in [1.29, 1.82) is 0 Å². The quantitative estimate of drug-likeness (QED) is 0.120. The largest absolute Gasteiger partial charge is 0.453 e. The Hall–Kier alpha value is -4.22. The summed E-state index contributed by atoms with van der Waals surface area (Å²) in [4.78, 5) is 22.4. The molecule has 0 saturated heterocycles. The summed E-state index contributed by atoms with van der Waals surface area (Å²) in [6, 6.07) is 13.4. The van der Waals surface area contributed by atoms with Crippen LogP contribution in [0.4, 0.5) is 22.0 Å². The van der Waals surface area contributed by atoms with E-state index in [2.05, 4.69) is 22.2 Å². The molecule has 0 atom stereocenters. The predicted octanol–water partition coefficient (Wildman–Crippen LogP) is 8.30. The molecule has 0 radical (unpaired) electrons. The molecule has 5 rings (SSSR count). The molecule has 11 heteroatoms. The van der Waals surface area contributed by atoms with Crippen molar-refractivity contribution in [3.8, 4) is 22.1 Å². The van der Waals surface area contributed by atoms with Crippen molar-refractivity contribution in [1.82, 2.24) is 15.3 Å². The molecule has 0 bridgehead atoms. The predicted molar refractivity (Wildman–Crippen MR) is 155 cm³/mol. The van der Waals surface area contributed by atoms with Gasteiger partial charge in [-0.2, -0.15) is 13.2 Å². The highest BCUT2D eigenvalue weighted by molar-refractivity contribution is 7.22. The summed E-state index contributed by atoms with van der Waals surface area (Å²) in [6.45, 7) is 3.77. The van der Waals surface area contributed by atoms with Gasteiger partial charge in [-0.15, -0.1) is 11.3 Å². The van der Waals surface area contributed by atoms with Crippen LogP contribution >= 0.6 is 11.3 Å². The zero-order valence-electron chi connectivity index (χ0n) is 23.0. The fourth-order valence-electron chi connectivity index (χ4n) is 4.45. The zero-order chi connectivity index (χ0) is 30.6. The smallest absolute Gasteiger partial charge is 0.416 e. The van der Waals surface area contributed by atoms with Crippen LogP contribution in [0.1, 0.15) is 35.6 Å². The van der Waals surface area contributed by atoms with Crippen LogP contribution in [0.2, 0.25) is 0 Å². The van der Waals surface area contributed by atoms with Gasteiger partial charge in [-0.1, -0.05) is 19.1 Å². The van der Waals surface area contributed by atoms with E-state index in [-0.39, 0.29) is 23.3 Å². The number of alkyl halides is 3. The molecule has 5 nitrogen and oxygen atoms in total. The van der Waals surface area contributed by atoms with E-state index in [1.165, 1.54) is 23.5 Å². The molecule has 222 valence electrons. The molecule has 0 aliphatic carbocycles. The maximum absolute atomic E-state index is 15.0. The first-order valence-electron chi connectivity index (χ1n) is 13.5. The molecule has 3 aromatic heterocycles. The number of ether oxygens (including phenoxy) is 1. The number of benzene rings is 2. The summed E-state index contributed by atoms with van der Waals surface area (Å²) >= 11 is 1.41. The number of aromatic nitrogens is 2. The summed E-state index contributed by atoms with van der Waals surface area (Å²) in [6.07, 6.45) is -1.08. The van der Waals surface area contributed by atoms with Crippen LogP contribution in [0, 0.1) is 11.6 Å². The average molecular weight is 612 g/mol. The minimum absolute atomic E-state index is 0.0790. The second-order valence-electron chi connectivity index (χ2n) is 9.93. The Bertz CT molecular complexity index is 1750. The Morgan fingerprint density at radius 3 is 2.44 bits per heavy atom. The highest BCUT2D eigenvalue weighted by Crippen LogP contribution is 2.39. The molecule has 2 aromatic carbocycles. The number of Topliss-reactive ketones (excluding diaryl/α,β-unsaturated/α-hetero) is 1. The lowest BCUT2D eigenvalue weighted by Crippen LogP contribution is -2.13. The number of pyridine rings is 2. The third-order valence-corrected chi connectivity index (χ3v) is 7.75. The molecule has 3 heterocycles. The Labute approximate surface area is 248 Å². The SMILES string of the molecule is CCCNCc1ccc(-c2cc3nccc(Oc4ccc(CC(=O)Cc5cc(C(F)(F)F)ccc5F)cc4F)c3s2)nc1. The standard InChI is InChI=1S/C32H26F5N3O2S/c1-2-10-38-17-20-3-7-26(40-18-20)30-16-27-31(43-30)29(9-11-39-27)42-28-8-4-19(13-25(28)34)12-23(41)15-21-14-22(32(35,36)37)5-6-24(21)33/h3-9,11,13-14,16,18,38H,2,10,12,15,17H2,1H3. The van der Waals surface area contributed by atoms with Crippen LogP contribution in [-0.2, 0) is 30.4 Å². The lowest BCUT2D eigenvalue weighted by molar-refractivity contribution is -0.137. The number of thiophene rings is 1. The fourth-order valence-corrected chi connectivity index (χ4v) is 5.49. The monoisotopic (exact) mass is 611 g/mol. The van der Waals surface area contributed by atoms with Crippen LogP contribution in [-0.4, -0.2) is 22.3 Å². The van der Waals surface area contributed by atoms with Gasteiger partial charge in [0.15, 0.2) is 11.6 Å². The number of ketones is 1. The Morgan fingerprint density at radius 1 is 0.907 bits per heavy atom. The molecule has 0 aliphatic rings. The van der Waals surface area contributed by atoms with Gasteiger partial charge in [-0.3, -0.25) is 14.8 Å². The van der Waals surface area contributed by atoms with Gasteiger partial charge in [0, 0.05) is 37.8 Å². The summed E-state index contributed by atoms with van der Waals surface area (Å²) < 4.78 is 74.6. The highest BCUT2D eigenvalue weighted by Gasteiger charge is 2.31. The molecule has 0 amide bonds. The van der Waals surface area contributed by atoms with E-state index in [1.54, 1.807) is 12.3 Å². The van der Waals surface area contributed by atoms with Crippen molar-refractivity contribution in [2.75, 3.05) is 6.54 Å². The maximum Gasteiger partial charge on any atom is 0.416 e. The topological polar surface area (TPSA) is 64.1 Å². The summed E-state index contributed by atoms with van der Waals surface area (Å²) in [5.74, 6) is -1.89. The molecule has 5 aromatic rings. The van der Waals surface area contributed by atoms with Crippen molar-refractivity contribution < 1.29 is 31.5 Å². The van der Waals surface area contributed by atoms with Gasteiger partial charge >= 0.3 is 6.18 Å². The van der Waals surface area contributed by atoms with Crippen LogP contribution in [0.15, 0.2) is 73.1 Å². The molecule has 0 saturated carbocycles. The first-order chi connectivity index (χ1) is 20.6. The number of hydrogen-bond donors (Lipinski definition) is 1. The second kappa shape index (κ2) is 13.0. The Morgan fingerprint density at radius 2 is 1.72 bits per heavy atom. The Balaban J connectivity index is 1.28. The number of nitrogens with zero attached hydrogens (tertiary/aromatic N) is 2. The van der Waals surface area contributed by atoms with E-state index in [4.69, 9.17) is 4.74 Å². The van der Waals surface area contributed by atoms with Crippen molar-refractivity contribution in [2.24, 2.45) is 0 Å². The molecule has 1 N–H and O–H groups in total. The number of nitrogens with one attached hydrogen (secondary N) is 1. The number of carbonyl (C=O) groups excluding carboxylic acids is 1. The van der Waals surface area contributed by atoms with Gasteiger partial charge in [0.25, 0.3) is 0 Å². The number of fused-ring (bicyclic) bond motifs is 1. The number of carbonyl (C=O) groups is 1. The van der Waals surface area contributed by atoms with Crippen LogP contribution in [0.5, 0.6) is 11.5 Å². The normalized spacial score (nSPS) is 11.7. The van der Waals surface area contributed by atoms with E-state index < -0.39 is 35.6 Å². The average Bonchev–Trinajstić information content (AvgIpc) is 3.41. The first-order valence-corrected chi connectivity index (χ1v) is 14.3. The molecular formula is C32H26F5N3O2S. The van der Waals surface area contributed by atoms with E-state index in [1.807, 2.05) is 24.4 Å². The van der Waals surface area contributed by atoms with E-state index in [0.29, 0.717) is 34.2 Å². The van der Waals surface area contributed by atoms with Gasteiger partial charge in [-0.05, 0) is 72.1 Å². The van der Waals surface area contributed by atoms with Crippen LogP contribution in [0.3, 0.4) is 0 Å². The van der Waals surface area contributed by atoms with Gasteiger partial charge in [-0.25, -0.2) is 8.78 Å². The van der Waals surface area contributed by atoms with Crippen LogP contribution < -0.4 is 10.1 Å². The Kier molecular flexibility index (Phi) is 9.12. The van der Waals surface area contributed by atoms with E-state index in [9.17, 15) is 22.4 Å². The van der Waals surface area contributed by atoms with E-state index >= 15 is 4.39 Å². The highest BCUT2D eigenvalue weighted by atomic mass is 32.1. The van der Waals surface area contributed by atoms with Crippen molar-refractivity contribution in [3.63, 3.8) is 0 Å². The van der Waals surface area contributed by atoms with Gasteiger partial charge < -0.3 is 10.1 Å². The third kappa shape index (κ3) is 7.41. The molecule has 0 aliphatic heterocycles. The molecule has 43 heavy (non-hydrogen) atoms. The summed E-state index contributed by atoms with van der Waals surface area (Å²) in [5.41, 5.74) is 1.38. The molecular weight excluding hydrogens is 585 g/mol. The van der Waals surface area contributed by atoms with Crippen molar-refractivity contribution in [2.45, 2.75) is 38.9 Å². The zero-order valence-corrected chi connectivity index (χ0v) is 23.8. The fraction of sp³-hybridized carbons (Fsp3) is 0.219. The van der Waals surface area contributed by atoms with Crippen LogP contribution in [0.25, 0.3) is 20.8 Å². The van der Waals surface area contributed by atoms with Gasteiger partial charge in [0.2, 0.25) is 0 Å². The summed E-state index contributed by atoms with van der Waals surface area (Å²) in [7, 11) is 0. The third-order valence-electron chi connectivity index (χ3n) is 6.59. The molecule has 0 fully saturated rings. The maximum atomic E-state index is 15.0. The lowest BCUT2D eigenvalue weighted by atomic mass is 10.0. The molecule has 0 spiro atoms.